The van der Waals surface area contributed by atoms with Crippen LogP contribution in [0, 0.1) is 6.92 Å². The molecule has 0 bridgehead atoms. The van der Waals surface area contributed by atoms with Gasteiger partial charge in [0.25, 0.3) is 0 Å². The third kappa shape index (κ3) is 11.7. The van der Waals surface area contributed by atoms with Crippen LogP contribution in [0.25, 0.3) is 0 Å². The standard InChI is InChI=1S/C28H50N2O8/c1-23-20-27-25(21-26(23)29)24(4-8-33-12-16-37-18-14-35-10-6-31)22-28(2,3)30(27)5-9-34-13-17-38-19-15-36-11-7-32/h20-21,24,31-32H,4-19,22,29H2,1-3H3. The summed E-state index contributed by atoms with van der Waals surface area (Å²) in [7, 11) is 0. The van der Waals surface area contributed by atoms with Crippen LogP contribution in [0.2, 0.25) is 0 Å². The predicted octanol–water partition coefficient (Wildman–Crippen LogP) is 2.12. The number of hydrogen-bond acceptors (Lipinski definition) is 10. The summed E-state index contributed by atoms with van der Waals surface area (Å²) in [6, 6.07) is 4.35. The molecule has 0 spiro atoms. The van der Waals surface area contributed by atoms with Crippen molar-refractivity contribution in [2.45, 2.75) is 45.1 Å². The number of rotatable bonds is 22. The highest BCUT2D eigenvalue weighted by molar-refractivity contribution is 5.67. The van der Waals surface area contributed by atoms with Crippen molar-refractivity contribution in [1.82, 2.24) is 0 Å². The molecular weight excluding hydrogens is 492 g/mol. The van der Waals surface area contributed by atoms with Crippen LogP contribution >= 0.6 is 0 Å². The smallest absolute Gasteiger partial charge is 0.0701 e. The Morgan fingerprint density at radius 2 is 1.24 bits per heavy atom. The fourth-order valence-electron chi connectivity index (χ4n) is 4.71. The minimum atomic E-state index is -0.0399. The van der Waals surface area contributed by atoms with E-state index in [-0.39, 0.29) is 18.8 Å². The average Bonchev–Trinajstić information content (AvgIpc) is 2.88. The van der Waals surface area contributed by atoms with Crippen molar-refractivity contribution in [1.29, 1.82) is 0 Å². The highest BCUT2D eigenvalue weighted by atomic mass is 16.6. The van der Waals surface area contributed by atoms with Gasteiger partial charge >= 0.3 is 0 Å². The highest BCUT2D eigenvalue weighted by Crippen LogP contribution is 2.46. The van der Waals surface area contributed by atoms with Gasteiger partial charge in [-0.2, -0.15) is 0 Å². The van der Waals surface area contributed by atoms with Crippen molar-refractivity contribution >= 4 is 11.4 Å². The van der Waals surface area contributed by atoms with E-state index < -0.39 is 0 Å². The first kappa shape index (κ1) is 32.7. The number of ether oxygens (including phenoxy) is 6. The molecule has 1 aliphatic heterocycles. The molecule has 220 valence electrons. The number of nitrogens with zero attached hydrogens (tertiary/aromatic N) is 1. The highest BCUT2D eigenvalue weighted by Gasteiger charge is 2.38. The van der Waals surface area contributed by atoms with Gasteiger partial charge in [0.1, 0.15) is 0 Å². The Labute approximate surface area is 228 Å². The number of fused-ring (bicyclic) bond motifs is 1. The molecule has 1 aromatic rings. The first-order valence-corrected chi connectivity index (χ1v) is 13.8. The fourth-order valence-corrected chi connectivity index (χ4v) is 4.71. The Balaban J connectivity index is 1.80. The number of aliphatic hydroxyl groups excluding tert-OH is 2. The molecular formula is C28H50N2O8. The van der Waals surface area contributed by atoms with Gasteiger partial charge in [0.15, 0.2) is 0 Å². The molecule has 1 unspecified atom stereocenters. The van der Waals surface area contributed by atoms with E-state index >= 15 is 0 Å². The van der Waals surface area contributed by atoms with Gasteiger partial charge in [0, 0.05) is 30.1 Å². The number of benzene rings is 1. The maximum Gasteiger partial charge on any atom is 0.0701 e. The Hall–Kier alpha value is -1.50. The van der Waals surface area contributed by atoms with E-state index in [9.17, 15) is 0 Å². The molecule has 1 atom stereocenters. The van der Waals surface area contributed by atoms with Gasteiger partial charge in [-0.3, -0.25) is 0 Å². The van der Waals surface area contributed by atoms with Crippen LogP contribution < -0.4 is 10.6 Å². The molecule has 0 radical (unpaired) electrons. The molecule has 0 saturated carbocycles. The largest absolute Gasteiger partial charge is 0.399 e. The van der Waals surface area contributed by atoms with E-state index in [1.54, 1.807) is 0 Å². The summed E-state index contributed by atoms with van der Waals surface area (Å²) in [5, 5.41) is 17.4. The molecule has 4 N–H and O–H groups in total. The molecule has 10 nitrogen and oxygen atoms in total. The Kier molecular flexibility index (Phi) is 16.1. The monoisotopic (exact) mass is 542 g/mol. The molecule has 0 aliphatic carbocycles. The zero-order valence-electron chi connectivity index (χ0n) is 23.6. The average molecular weight is 543 g/mol. The maximum atomic E-state index is 8.70. The van der Waals surface area contributed by atoms with E-state index in [0.29, 0.717) is 85.2 Å². The summed E-state index contributed by atoms with van der Waals surface area (Å²) in [5.74, 6) is 0.356. The van der Waals surface area contributed by atoms with Crippen molar-refractivity contribution in [3.63, 3.8) is 0 Å². The van der Waals surface area contributed by atoms with Crippen LogP contribution in [-0.2, 0) is 28.4 Å². The summed E-state index contributed by atoms with van der Waals surface area (Å²) >= 11 is 0. The number of anilines is 2. The van der Waals surface area contributed by atoms with E-state index in [1.807, 2.05) is 0 Å². The molecule has 0 amide bonds. The van der Waals surface area contributed by atoms with E-state index in [2.05, 4.69) is 37.8 Å². The molecule has 0 aromatic heterocycles. The minimum absolute atomic E-state index is 0.0272. The number of aryl methyl sites for hydroxylation is 1. The van der Waals surface area contributed by atoms with Gasteiger partial charge in [-0.1, -0.05) is 0 Å². The van der Waals surface area contributed by atoms with Crippen molar-refractivity contribution in [2.24, 2.45) is 0 Å². The Morgan fingerprint density at radius 3 is 1.76 bits per heavy atom. The van der Waals surface area contributed by atoms with Gasteiger partial charge in [0.05, 0.1) is 85.9 Å². The lowest BCUT2D eigenvalue weighted by atomic mass is 9.77. The third-order valence-electron chi connectivity index (χ3n) is 6.65. The lowest BCUT2D eigenvalue weighted by Crippen LogP contribution is -2.50. The summed E-state index contributed by atoms with van der Waals surface area (Å²) in [6.07, 6.45) is 1.92. The first-order valence-electron chi connectivity index (χ1n) is 13.8. The lowest BCUT2D eigenvalue weighted by molar-refractivity contribution is 0.00627. The number of nitrogen functional groups attached to an aromatic ring is 1. The van der Waals surface area contributed by atoms with Crippen LogP contribution in [-0.4, -0.2) is 115 Å². The third-order valence-corrected chi connectivity index (χ3v) is 6.65. The summed E-state index contributed by atoms with van der Waals surface area (Å²) < 4.78 is 33.1. The SMILES string of the molecule is Cc1cc2c(cc1N)C(CCOCCOCCOCCO)CC(C)(C)N2CCOCCOCCOCCO. The zero-order valence-corrected chi connectivity index (χ0v) is 23.6. The van der Waals surface area contributed by atoms with Crippen molar-refractivity contribution in [3.8, 4) is 0 Å². The molecule has 1 heterocycles. The second-order valence-corrected chi connectivity index (χ2v) is 10.0. The number of aliphatic hydroxyl groups is 2. The fraction of sp³-hybridized carbons (Fsp3) is 0.786. The van der Waals surface area contributed by atoms with Crippen LogP contribution in [0.4, 0.5) is 11.4 Å². The predicted molar refractivity (Wildman–Crippen MR) is 148 cm³/mol. The van der Waals surface area contributed by atoms with Gasteiger partial charge in [-0.15, -0.1) is 0 Å². The summed E-state index contributed by atoms with van der Waals surface area (Å²) in [5.41, 5.74) is 10.7. The molecule has 1 aromatic carbocycles. The molecule has 2 rings (SSSR count). The van der Waals surface area contributed by atoms with Crippen LogP contribution in [0.1, 0.15) is 43.7 Å². The quantitative estimate of drug-likeness (QED) is 0.148. The Morgan fingerprint density at radius 1 is 0.763 bits per heavy atom. The van der Waals surface area contributed by atoms with Gasteiger partial charge in [-0.05, 0) is 62.8 Å². The second kappa shape index (κ2) is 18.7. The van der Waals surface area contributed by atoms with Gasteiger partial charge in [0.2, 0.25) is 0 Å². The van der Waals surface area contributed by atoms with Crippen molar-refractivity contribution in [2.75, 3.05) is 110 Å². The second-order valence-electron chi connectivity index (χ2n) is 10.0. The number of hydrogen-bond donors (Lipinski definition) is 3. The molecule has 10 heteroatoms. The normalized spacial score (nSPS) is 16.7. The first-order chi connectivity index (χ1) is 18.4. The van der Waals surface area contributed by atoms with Crippen molar-refractivity contribution in [3.05, 3.63) is 23.3 Å². The zero-order chi connectivity index (χ0) is 27.6. The van der Waals surface area contributed by atoms with Gasteiger partial charge in [-0.25, -0.2) is 0 Å². The summed E-state index contributed by atoms with van der Waals surface area (Å²) in [6.45, 7) is 13.5. The lowest BCUT2D eigenvalue weighted by Gasteiger charge is -2.48. The van der Waals surface area contributed by atoms with E-state index in [1.165, 1.54) is 11.3 Å². The van der Waals surface area contributed by atoms with Crippen LogP contribution in [0.5, 0.6) is 0 Å². The minimum Gasteiger partial charge on any atom is -0.399 e. The molecule has 1 aliphatic rings. The Bertz CT molecular complexity index is 765. The van der Waals surface area contributed by atoms with E-state index in [0.717, 1.165) is 30.6 Å². The topological polar surface area (TPSA) is 125 Å². The van der Waals surface area contributed by atoms with Gasteiger partial charge < -0.3 is 49.3 Å². The molecule has 38 heavy (non-hydrogen) atoms. The van der Waals surface area contributed by atoms with Crippen LogP contribution in [0.3, 0.4) is 0 Å². The maximum absolute atomic E-state index is 8.70. The summed E-state index contributed by atoms with van der Waals surface area (Å²) in [4.78, 5) is 2.45. The molecule has 0 saturated heterocycles. The van der Waals surface area contributed by atoms with E-state index in [4.69, 9.17) is 44.4 Å². The van der Waals surface area contributed by atoms with Crippen molar-refractivity contribution < 1.29 is 38.6 Å². The number of nitrogens with two attached hydrogens (primary N) is 1. The molecule has 0 fully saturated rings. The van der Waals surface area contributed by atoms with Crippen LogP contribution in [0.15, 0.2) is 12.1 Å².